The fourth-order valence-electron chi connectivity index (χ4n) is 2.97. The maximum absolute atomic E-state index is 14.1. The molecular weight excluding hydrogens is 394 g/mol. The van der Waals surface area contributed by atoms with Crippen LogP contribution in [0.3, 0.4) is 0 Å². The molecular formula is C22H18F2N2O2S. The number of furan rings is 1. The summed E-state index contributed by atoms with van der Waals surface area (Å²) in [5.74, 6) is 0.184. The molecule has 0 aliphatic heterocycles. The van der Waals surface area contributed by atoms with Gasteiger partial charge < -0.3 is 13.7 Å². The van der Waals surface area contributed by atoms with E-state index >= 15 is 0 Å². The summed E-state index contributed by atoms with van der Waals surface area (Å²) in [4.78, 5) is 5.04. The summed E-state index contributed by atoms with van der Waals surface area (Å²) in [7, 11) is 1.63. The SMILES string of the molecule is COc1ccc(CCn2c(-c3ccco3)csc2=Nc2ccc(F)cc2F)cc1. The van der Waals surface area contributed by atoms with Gasteiger partial charge in [0.2, 0.25) is 0 Å². The third kappa shape index (κ3) is 4.30. The minimum atomic E-state index is -0.695. The van der Waals surface area contributed by atoms with Crippen molar-refractivity contribution in [2.45, 2.75) is 13.0 Å². The fraction of sp³-hybridized carbons (Fsp3) is 0.136. The molecule has 0 N–H and O–H groups in total. The number of halogens is 2. The maximum atomic E-state index is 14.1. The second-order valence-corrected chi connectivity index (χ2v) is 7.17. The van der Waals surface area contributed by atoms with E-state index in [1.807, 2.05) is 46.3 Å². The molecule has 2 aromatic carbocycles. The van der Waals surface area contributed by atoms with Crippen LogP contribution < -0.4 is 9.54 Å². The molecule has 0 radical (unpaired) electrons. The molecule has 0 amide bonds. The Morgan fingerprint density at radius 3 is 2.62 bits per heavy atom. The summed E-state index contributed by atoms with van der Waals surface area (Å²) >= 11 is 1.38. The molecule has 0 spiro atoms. The van der Waals surface area contributed by atoms with Gasteiger partial charge in [0.1, 0.15) is 17.3 Å². The van der Waals surface area contributed by atoms with Crippen LogP contribution in [0.5, 0.6) is 5.75 Å². The standard InChI is InChI=1S/C22H18F2N2O2S/c1-27-17-7-4-15(5-8-17)10-11-26-20(21-3-2-12-28-21)14-29-22(26)25-19-9-6-16(23)13-18(19)24/h2-9,12-14H,10-11H2,1H3. The summed E-state index contributed by atoms with van der Waals surface area (Å²) in [6, 6.07) is 14.9. The summed E-state index contributed by atoms with van der Waals surface area (Å²) in [6.45, 7) is 0.619. The first kappa shape index (κ1) is 19.1. The van der Waals surface area contributed by atoms with Gasteiger partial charge in [0.15, 0.2) is 16.4 Å². The number of hydrogen-bond acceptors (Lipinski definition) is 4. The smallest absolute Gasteiger partial charge is 0.190 e. The number of ether oxygens (including phenoxy) is 1. The van der Waals surface area contributed by atoms with Crippen molar-refractivity contribution < 1.29 is 17.9 Å². The molecule has 4 rings (SSSR count). The molecule has 4 nitrogen and oxygen atoms in total. The molecule has 29 heavy (non-hydrogen) atoms. The monoisotopic (exact) mass is 412 g/mol. The lowest BCUT2D eigenvalue weighted by Crippen LogP contribution is -2.17. The molecule has 0 bridgehead atoms. The molecule has 148 valence electrons. The van der Waals surface area contributed by atoms with Gasteiger partial charge in [0.05, 0.1) is 19.1 Å². The number of methoxy groups -OCH3 is 1. The Hall–Kier alpha value is -3.19. The molecule has 0 unspecified atom stereocenters. The average molecular weight is 412 g/mol. The lowest BCUT2D eigenvalue weighted by atomic mass is 10.1. The van der Waals surface area contributed by atoms with Gasteiger partial charge in [0, 0.05) is 18.0 Å². The number of thiazole rings is 1. The van der Waals surface area contributed by atoms with E-state index < -0.39 is 11.6 Å². The first-order chi connectivity index (χ1) is 14.1. The highest BCUT2D eigenvalue weighted by Crippen LogP contribution is 2.23. The predicted molar refractivity (Wildman–Crippen MR) is 108 cm³/mol. The lowest BCUT2D eigenvalue weighted by Gasteiger charge is -2.08. The van der Waals surface area contributed by atoms with E-state index in [1.165, 1.54) is 23.5 Å². The summed E-state index contributed by atoms with van der Waals surface area (Å²) < 4.78 is 40.0. The molecule has 2 heterocycles. The van der Waals surface area contributed by atoms with E-state index in [9.17, 15) is 8.78 Å². The first-order valence-electron chi connectivity index (χ1n) is 8.99. The van der Waals surface area contributed by atoms with Crippen molar-refractivity contribution in [3.05, 3.63) is 88.2 Å². The normalized spacial score (nSPS) is 11.8. The number of aromatic nitrogens is 1. The molecule has 4 aromatic rings. The Balaban J connectivity index is 1.71. The largest absolute Gasteiger partial charge is 0.497 e. The highest BCUT2D eigenvalue weighted by atomic mass is 32.1. The van der Waals surface area contributed by atoms with Crippen LogP contribution in [0.15, 0.2) is 75.7 Å². The van der Waals surface area contributed by atoms with Crippen LogP contribution >= 0.6 is 11.3 Å². The third-order valence-electron chi connectivity index (χ3n) is 4.48. The second-order valence-electron chi connectivity index (χ2n) is 6.34. The van der Waals surface area contributed by atoms with Crippen molar-refractivity contribution in [2.75, 3.05) is 7.11 Å². The number of rotatable bonds is 6. The van der Waals surface area contributed by atoms with Gasteiger partial charge >= 0.3 is 0 Å². The van der Waals surface area contributed by atoms with Gasteiger partial charge in [-0.05, 0) is 48.4 Å². The zero-order valence-corrected chi connectivity index (χ0v) is 16.5. The number of nitrogens with zero attached hydrogens (tertiary/aromatic N) is 2. The topological polar surface area (TPSA) is 39.7 Å². The Morgan fingerprint density at radius 1 is 1.10 bits per heavy atom. The van der Waals surface area contributed by atoms with Gasteiger partial charge in [-0.3, -0.25) is 0 Å². The van der Waals surface area contributed by atoms with Crippen molar-refractivity contribution >= 4 is 17.0 Å². The zero-order valence-electron chi connectivity index (χ0n) is 15.6. The Bertz CT molecular complexity index is 1160. The van der Waals surface area contributed by atoms with Crippen LogP contribution in [0.25, 0.3) is 11.5 Å². The van der Waals surface area contributed by atoms with Crippen molar-refractivity contribution in [1.29, 1.82) is 0 Å². The van der Waals surface area contributed by atoms with Crippen LogP contribution in [0.2, 0.25) is 0 Å². The number of hydrogen-bond donors (Lipinski definition) is 0. The van der Waals surface area contributed by atoms with Crippen molar-refractivity contribution in [1.82, 2.24) is 4.57 Å². The van der Waals surface area contributed by atoms with Gasteiger partial charge in [-0.25, -0.2) is 13.8 Å². The quantitative estimate of drug-likeness (QED) is 0.415. The van der Waals surface area contributed by atoms with E-state index in [1.54, 1.807) is 13.4 Å². The van der Waals surface area contributed by atoms with Crippen LogP contribution in [-0.2, 0) is 13.0 Å². The fourth-order valence-corrected chi connectivity index (χ4v) is 3.89. The number of benzene rings is 2. The molecule has 0 fully saturated rings. The Kier molecular flexibility index (Phi) is 5.57. The molecule has 0 saturated carbocycles. The molecule has 7 heteroatoms. The van der Waals surface area contributed by atoms with Crippen molar-refractivity contribution in [2.24, 2.45) is 4.99 Å². The zero-order chi connectivity index (χ0) is 20.2. The number of aryl methyl sites for hydroxylation is 1. The summed E-state index contributed by atoms with van der Waals surface area (Å²) in [5.41, 5.74) is 2.08. The molecule has 0 atom stereocenters. The van der Waals surface area contributed by atoms with E-state index in [2.05, 4.69) is 4.99 Å². The van der Waals surface area contributed by atoms with Crippen LogP contribution in [0, 0.1) is 11.6 Å². The second kappa shape index (κ2) is 8.45. The van der Waals surface area contributed by atoms with E-state index in [4.69, 9.17) is 9.15 Å². The third-order valence-corrected chi connectivity index (χ3v) is 5.34. The predicted octanol–water partition coefficient (Wildman–Crippen LogP) is 5.57. The van der Waals surface area contributed by atoms with Gasteiger partial charge in [0.25, 0.3) is 0 Å². The van der Waals surface area contributed by atoms with Gasteiger partial charge in [-0.1, -0.05) is 12.1 Å². The Morgan fingerprint density at radius 2 is 1.93 bits per heavy atom. The van der Waals surface area contributed by atoms with E-state index in [-0.39, 0.29) is 5.69 Å². The molecule has 2 aromatic heterocycles. The van der Waals surface area contributed by atoms with Gasteiger partial charge in [-0.15, -0.1) is 11.3 Å². The van der Waals surface area contributed by atoms with Crippen molar-refractivity contribution in [3.63, 3.8) is 0 Å². The molecule has 0 aliphatic carbocycles. The van der Waals surface area contributed by atoms with Crippen molar-refractivity contribution in [3.8, 4) is 17.2 Å². The molecule has 0 aliphatic rings. The highest BCUT2D eigenvalue weighted by molar-refractivity contribution is 7.07. The van der Waals surface area contributed by atoms with E-state index in [0.717, 1.165) is 29.5 Å². The minimum absolute atomic E-state index is 0.0949. The highest BCUT2D eigenvalue weighted by Gasteiger charge is 2.12. The molecule has 0 saturated heterocycles. The summed E-state index contributed by atoms with van der Waals surface area (Å²) in [6.07, 6.45) is 2.35. The van der Waals surface area contributed by atoms with Gasteiger partial charge in [-0.2, -0.15) is 0 Å². The maximum Gasteiger partial charge on any atom is 0.190 e. The van der Waals surface area contributed by atoms with Crippen LogP contribution in [0.1, 0.15) is 5.56 Å². The van der Waals surface area contributed by atoms with E-state index in [0.29, 0.717) is 17.1 Å². The average Bonchev–Trinajstić information content (AvgIpc) is 3.39. The first-order valence-corrected chi connectivity index (χ1v) is 9.87. The van der Waals surface area contributed by atoms with Crippen LogP contribution in [0.4, 0.5) is 14.5 Å². The lowest BCUT2D eigenvalue weighted by molar-refractivity contribution is 0.414. The Labute approximate surface area is 170 Å². The minimum Gasteiger partial charge on any atom is -0.497 e. The summed E-state index contributed by atoms with van der Waals surface area (Å²) in [5, 5.41) is 1.92. The van der Waals surface area contributed by atoms with Crippen LogP contribution in [-0.4, -0.2) is 11.7 Å².